The molecule has 0 aromatic heterocycles. The fraction of sp³-hybridized carbons (Fsp3) is 0.429. The molecule has 0 spiro atoms. The molecule has 0 bridgehead atoms. The van der Waals surface area contributed by atoms with Gasteiger partial charge in [0, 0.05) is 19.9 Å². The second kappa shape index (κ2) is 5.84. The summed E-state index contributed by atoms with van der Waals surface area (Å²) in [5.74, 6) is -0.686. The summed E-state index contributed by atoms with van der Waals surface area (Å²) in [7, 11) is 0. The van der Waals surface area contributed by atoms with Crippen molar-refractivity contribution in [1.29, 1.82) is 0 Å². The van der Waals surface area contributed by atoms with Crippen molar-refractivity contribution in [3.05, 3.63) is 35.9 Å². The third kappa shape index (κ3) is 3.32. The molecule has 2 rings (SSSR count). The molecule has 1 unspecified atom stereocenters. The number of nitrogens with zero attached hydrogens (tertiary/aromatic N) is 1. The first-order valence-corrected chi connectivity index (χ1v) is 6.23. The zero-order valence-electron chi connectivity index (χ0n) is 10.8. The van der Waals surface area contributed by atoms with Crippen LogP contribution in [0, 0.1) is 0 Å². The minimum absolute atomic E-state index is 0.179. The van der Waals surface area contributed by atoms with Gasteiger partial charge in [-0.05, 0) is 5.56 Å². The van der Waals surface area contributed by atoms with Gasteiger partial charge >= 0.3 is 5.97 Å². The largest absolute Gasteiger partial charge is 0.459 e. The Kier molecular flexibility index (Phi) is 4.16. The number of amides is 1. The Hall–Kier alpha value is -1.88. The normalized spacial score (nSPS) is 22.3. The molecule has 5 nitrogen and oxygen atoms in total. The van der Waals surface area contributed by atoms with E-state index in [9.17, 15) is 14.7 Å². The van der Waals surface area contributed by atoms with Crippen LogP contribution in [0.1, 0.15) is 18.9 Å². The number of aliphatic hydroxyl groups excluding tert-OH is 1. The van der Waals surface area contributed by atoms with Crippen molar-refractivity contribution in [2.75, 3.05) is 6.54 Å². The van der Waals surface area contributed by atoms with E-state index in [0.29, 0.717) is 0 Å². The van der Waals surface area contributed by atoms with Gasteiger partial charge in [0.05, 0.1) is 6.10 Å². The van der Waals surface area contributed by atoms with E-state index in [-0.39, 0.29) is 25.5 Å². The number of likely N-dealkylation sites (tertiary alicyclic amines) is 1. The van der Waals surface area contributed by atoms with Crippen molar-refractivity contribution in [3.8, 4) is 0 Å². The summed E-state index contributed by atoms with van der Waals surface area (Å²) in [6.45, 7) is 1.76. The number of esters is 1. The highest BCUT2D eigenvalue weighted by atomic mass is 16.5. The van der Waals surface area contributed by atoms with Crippen LogP contribution in [0.15, 0.2) is 30.3 Å². The van der Waals surface area contributed by atoms with Crippen molar-refractivity contribution < 1.29 is 19.4 Å². The smallest absolute Gasteiger partial charge is 0.329 e. The molecule has 0 radical (unpaired) electrons. The molecule has 19 heavy (non-hydrogen) atoms. The third-order valence-corrected chi connectivity index (χ3v) is 3.18. The monoisotopic (exact) mass is 263 g/mol. The molecule has 0 aliphatic carbocycles. The fourth-order valence-corrected chi connectivity index (χ4v) is 2.21. The Bertz CT molecular complexity index is 460. The maximum Gasteiger partial charge on any atom is 0.329 e. The Morgan fingerprint density at radius 1 is 1.37 bits per heavy atom. The van der Waals surface area contributed by atoms with Gasteiger partial charge in [0.15, 0.2) is 0 Å². The number of rotatable bonds is 3. The highest BCUT2D eigenvalue weighted by Gasteiger charge is 2.38. The van der Waals surface area contributed by atoms with Crippen LogP contribution in [0.4, 0.5) is 0 Å². The number of ether oxygens (including phenoxy) is 1. The SMILES string of the molecule is CC(=O)N1C[C@H](O)CC1C(=O)OCc1ccccc1. The molecule has 1 aliphatic heterocycles. The Balaban J connectivity index is 1.94. The van der Waals surface area contributed by atoms with Crippen molar-refractivity contribution in [1.82, 2.24) is 4.90 Å². The maximum absolute atomic E-state index is 12.0. The zero-order valence-corrected chi connectivity index (χ0v) is 10.8. The molecule has 1 amide bonds. The quantitative estimate of drug-likeness (QED) is 0.816. The lowest BCUT2D eigenvalue weighted by Crippen LogP contribution is -2.40. The summed E-state index contributed by atoms with van der Waals surface area (Å²) in [5.41, 5.74) is 0.892. The van der Waals surface area contributed by atoms with Gasteiger partial charge in [-0.3, -0.25) is 4.79 Å². The average Bonchev–Trinajstić information content (AvgIpc) is 2.79. The van der Waals surface area contributed by atoms with Crippen LogP contribution in [-0.4, -0.2) is 40.6 Å². The van der Waals surface area contributed by atoms with Gasteiger partial charge in [-0.25, -0.2) is 4.79 Å². The minimum Gasteiger partial charge on any atom is -0.459 e. The van der Waals surface area contributed by atoms with Crippen LogP contribution < -0.4 is 0 Å². The van der Waals surface area contributed by atoms with E-state index < -0.39 is 18.1 Å². The highest BCUT2D eigenvalue weighted by molar-refractivity contribution is 5.84. The van der Waals surface area contributed by atoms with Crippen LogP contribution in [0.5, 0.6) is 0 Å². The van der Waals surface area contributed by atoms with Crippen LogP contribution in [-0.2, 0) is 20.9 Å². The standard InChI is InChI=1S/C14H17NO4/c1-10(16)15-8-12(17)7-13(15)14(18)19-9-11-5-3-2-4-6-11/h2-6,12-13,17H,7-9H2,1H3/t12-,13?/m1/s1. The van der Waals surface area contributed by atoms with Gasteiger partial charge in [0.1, 0.15) is 12.6 Å². The predicted octanol–water partition coefficient (Wildman–Crippen LogP) is 0.711. The first kappa shape index (κ1) is 13.5. The van der Waals surface area contributed by atoms with Gasteiger partial charge in [-0.1, -0.05) is 30.3 Å². The Labute approximate surface area is 111 Å². The summed E-state index contributed by atoms with van der Waals surface area (Å²) in [4.78, 5) is 24.7. The summed E-state index contributed by atoms with van der Waals surface area (Å²) in [6.07, 6.45) is -0.411. The molecular weight excluding hydrogens is 246 g/mol. The van der Waals surface area contributed by atoms with Crippen molar-refractivity contribution in [2.24, 2.45) is 0 Å². The lowest BCUT2D eigenvalue weighted by atomic mass is 10.2. The number of aliphatic hydroxyl groups is 1. The predicted molar refractivity (Wildman–Crippen MR) is 68.0 cm³/mol. The number of hydrogen-bond donors (Lipinski definition) is 1. The molecule has 102 valence electrons. The molecule has 1 saturated heterocycles. The Morgan fingerprint density at radius 2 is 2.05 bits per heavy atom. The molecular formula is C14H17NO4. The van der Waals surface area contributed by atoms with Crippen molar-refractivity contribution >= 4 is 11.9 Å². The van der Waals surface area contributed by atoms with Gasteiger partial charge in [0.2, 0.25) is 5.91 Å². The first-order chi connectivity index (χ1) is 9.08. The summed E-state index contributed by atoms with van der Waals surface area (Å²) < 4.78 is 5.20. The summed E-state index contributed by atoms with van der Waals surface area (Å²) in [6, 6.07) is 8.67. The van der Waals surface area contributed by atoms with Crippen molar-refractivity contribution in [2.45, 2.75) is 32.1 Å². The lowest BCUT2D eigenvalue weighted by molar-refractivity contribution is -0.154. The van der Waals surface area contributed by atoms with Crippen LogP contribution in [0.2, 0.25) is 0 Å². The lowest BCUT2D eigenvalue weighted by Gasteiger charge is -2.21. The first-order valence-electron chi connectivity index (χ1n) is 6.23. The summed E-state index contributed by atoms with van der Waals surface area (Å²) >= 11 is 0. The van der Waals surface area contributed by atoms with Gasteiger partial charge in [-0.2, -0.15) is 0 Å². The molecule has 2 atom stereocenters. The molecule has 1 N–H and O–H groups in total. The molecule has 1 aromatic carbocycles. The number of carbonyl (C=O) groups excluding carboxylic acids is 2. The molecule has 5 heteroatoms. The topological polar surface area (TPSA) is 66.8 Å². The third-order valence-electron chi connectivity index (χ3n) is 3.18. The van der Waals surface area contributed by atoms with Crippen LogP contribution in [0.25, 0.3) is 0 Å². The molecule has 1 aromatic rings. The fourth-order valence-electron chi connectivity index (χ4n) is 2.21. The van der Waals surface area contributed by atoms with E-state index in [2.05, 4.69) is 0 Å². The van der Waals surface area contributed by atoms with Gasteiger partial charge in [-0.15, -0.1) is 0 Å². The van der Waals surface area contributed by atoms with Crippen LogP contribution in [0.3, 0.4) is 0 Å². The number of β-amino-alcohol motifs (C(OH)–C–C–N with tert-alkyl or cyclic N) is 1. The Morgan fingerprint density at radius 3 is 2.68 bits per heavy atom. The number of benzene rings is 1. The van der Waals surface area contributed by atoms with Gasteiger partial charge in [0.25, 0.3) is 0 Å². The molecule has 0 saturated carbocycles. The molecule has 1 heterocycles. The summed E-state index contributed by atoms with van der Waals surface area (Å²) in [5, 5.41) is 9.55. The zero-order chi connectivity index (χ0) is 13.8. The second-order valence-electron chi connectivity index (χ2n) is 4.67. The second-order valence-corrected chi connectivity index (χ2v) is 4.67. The minimum atomic E-state index is -0.670. The van der Waals surface area contributed by atoms with E-state index in [4.69, 9.17) is 4.74 Å². The van der Waals surface area contributed by atoms with E-state index in [1.807, 2.05) is 30.3 Å². The van der Waals surface area contributed by atoms with E-state index in [1.165, 1.54) is 11.8 Å². The maximum atomic E-state index is 12.0. The van der Waals surface area contributed by atoms with Crippen molar-refractivity contribution in [3.63, 3.8) is 0 Å². The highest BCUT2D eigenvalue weighted by Crippen LogP contribution is 2.19. The number of hydrogen-bond acceptors (Lipinski definition) is 4. The van der Waals surface area contributed by atoms with Gasteiger partial charge < -0.3 is 14.7 Å². The molecule has 1 aliphatic rings. The van der Waals surface area contributed by atoms with E-state index in [0.717, 1.165) is 5.56 Å². The van der Waals surface area contributed by atoms with E-state index in [1.54, 1.807) is 0 Å². The molecule has 1 fully saturated rings. The number of carbonyl (C=O) groups is 2. The average molecular weight is 263 g/mol. The van der Waals surface area contributed by atoms with E-state index >= 15 is 0 Å². The van der Waals surface area contributed by atoms with Crippen LogP contribution >= 0.6 is 0 Å².